The van der Waals surface area contributed by atoms with Crippen molar-refractivity contribution in [3.05, 3.63) is 58.6 Å². The minimum Gasteiger partial charge on any atom is -0.319 e. The van der Waals surface area contributed by atoms with Crippen molar-refractivity contribution >= 4 is 37.5 Å². The second-order valence-corrected chi connectivity index (χ2v) is 11.2. The maximum absolute atomic E-state index is 13.5. The number of nitrogens with zero attached hydrogens (tertiary/aromatic N) is 3. The van der Waals surface area contributed by atoms with Gasteiger partial charge in [-0.15, -0.1) is 0 Å². The topological polar surface area (TPSA) is 71.7 Å². The quantitative estimate of drug-likeness (QED) is 0.596. The van der Waals surface area contributed by atoms with E-state index >= 15 is 0 Å². The summed E-state index contributed by atoms with van der Waals surface area (Å²) in [5.74, 6) is -0.198. The molecule has 31 heavy (non-hydrogen) atoms. The number of halogens is 1. The van der Waals surface area contributed by atoms with Gasteiger partial charge in [0.05, 0.1) is 15.1 Å². The van der Waals surface area contributed by atoms with Gasteiger partial charge in [-0.2, -0.15) is 9.30 Å². The Morgan fingerprint density at radius 2 is 1.74 bits per heavy atom. The Morgan fingerprint density at radius 3 is 2.39 bits per heavy atom. The summed E-state index contributed by atoms with van der Waals surface area (Å²) in [7, 11) is -1.84. The van der Waals surface area contributed by atoms with Crippen molar-refractivity contribution in [2.75, 3.05) is 13.1 Å². The molecule has 9 heteroatoms. The molecule has 4 rings (SSSR count). The highest BCUT2D eigenvalue weighted by Crippen LogP contribution is 2.27. The normalized spacial score (nSPS) is 21.0. The van der Waals surface area contributed by atoms with E-state index in [1.54, 1.807) is 17.7 Å². The number of sulfonamides is 1. The molecule has 0 aliphatic carbocycles. The largest absolute Gasteiger partial charge is 0.319 e. The third-order valence-electron chi connectivity index (χ3n) is 5.54. The number of benzene rings is 2. The summed E-state index contributed by atoms with van der Waals surface area (Å²) in [4.78, 5) is 17.4. The van der Waals surface area contributed by atoms with E-state index in [0.29, 0.717) is 40.0 Å². The molecule has 6 nitrogen and oxygen atoms in total. The second kappa shape index (κ2) is 8.29. The lowest BCUT2D eigenvalue weighted by molar-refractivity contribution is 0.0998. The third-order valence-corrected chi connectivity index (χ3v) is 8.48. The molecule has 1 amide bonds. The number of carbonyl (C=O) groups is 1. The molecule has 1 saturated heterocycles. The van der Waals surface area contributed by atoms with Gasteiger partial charge in [-0.3, -0.25) is 4.79 Å². The van der Waals surface area contributed by atoms with Gasteiger partial charge in [0, 0.05) is 25.7 Å². The van der Waals surface area contributed by atoms with Crippen LogP contribution < -0.4 is 4.80 Å². The summed E-state index contributed by atoms with van der Waals surface area (Å²) in [5.41, 5.74) is 1.08. The van der Waals surface area contributed by atoms with Gasteiger partial charge in [0.2, 0.25) is 10.0 Å². The summed E-state index contributed by atoms with van der Waals surface area (Å²) in [5, 5.41) is 0. The zero-order valence-electron chi connectivity index (χ0n) is 17.6. The third kappa shape index (κ3) is 4.35. The molecule has 0 spiro atoms. The average molecular weight is 462 g/mol. The summed E-state index contributed by atoms with van der Waals surface area (Å²) in [6.45, 7) is 5.13. The number of hydrogen-bond donors (Lipinski definition) is 0. The Kier molecular flexibility index (Phi) is 5.85. The van der Waals surface area contributed by atoms with Crippen molar-refractivity contribution in [1.29, 1.82) is 0 Å². The first-order valence-electron chi connectivity index (χ1n) is 10.1. The van der Waals surface area contributed by atoms with Crippen LogP contribution in [0.2, 0.25) is 0 Å². The smallest absolute Gasteiger partial charge is 0.279 e. The van der Waals surface area contributed by atoms with Crippen molar-refractivity contribution in [3.63, 3.8) is 0 Å². The van der Waals surface area contributed by atoms with Crippen LogP contribution in [0.3, 0.4) is 0 Å². The number of aromatic nitrogens is 1. The first-order valence-corrected chi connectivity index (χ1v) is 12.3. The van der Waals surface area contributed by atoms with Crippen LogP contribution in [0.4, 0.5) is 4.39 Å². The summed E-state index contributed by atoms with van der Waals surface area (Å²) < 4.78 is 43.4. The summed E-state index contributed by atoms with van der Waals surface area (Å²) in [6, 6.07) is 10.3. The minimum atomic E-state index is -3.60. The number of fused-ring (bicyclic) bond motifs is 1. The zero-order chi connectivity index (χ0) is 22.3. The molecule has 1 aliphatic rings. The summed E-state index contributed by atoms with van der Waals surface area (Å²) in [6.07, 6.45) is 1.02. The van der Waals surface area contributed by atoms with Crippen LogP contribution in [0, 0.1) is 17.7 Å². The molecule has 164 valence electrons. The van der Waals surface area contributed by atoms with Gasteiger partial charge in [0.15, 0.2) is 4.80 Å². The Balaban J connectivity index is 1.60. The average Bonchev–Trinajstić information content (AvgIpc) is 3.01. The molecular weight excluding hydrogens is 437 g/mol. The van der Waals surface area contributed by atoms with Crippen LogP contribution >= 0.6 is 11.3 Å². The molecule has 2 aromatic carbocycles. The standard InChI is InChI=1S/C22H24FN3O3S2/c1-14-10-15(2)13-26(12-14)31(28,29)18-7-4-16(5-8-18)21(27)24-22-25(3)19-9-6-17(23)11-20(19)30-22/h4-9,11,14-15H,10,12-13H2,1-3H3. The predicted molar refractivity (Wildman–Crippen MR) is 119 cm³/mol. The monoisotopic (exact) mass is 461 g/mol. The number of thiazole rings is 1. The van der Waals surface area contributed by atoms with E-state index in [2.05, 4.69) is 18.8 Å². The van der Waals surface area contributed by atoms with Crippen molar-refractivity contribution < 1.29 is 17.6 Å². The van der Waals surface area contributed by atoms with Crippen LogP contribution in [-0.2, 0) is 17.1 Å². The van der Waals surface area contributed by atoms with Crippen molar-refractivity contribution in [1.82, 2.24) is 8.87 Å². The zero-order valence-corrected chi connectivity index (χ0v) is 19.2. The van der Waals surface area contributed by atoms with E-state index in [1.807, 2.05) is 0 Å². The predicted octanol–water partition coefficient (Wildman–Crippen LogP) is 3.79. The number of piperidine rings is 1. The highest BCUT2D eigenvalue weighted by molar-refractivity contribution is 7.89. The fourth-order valence-electron chi connectivity index (χ4n) is 4.09. The van der Waals surface area contributed by atoms with E-state index in [1.165, 1.54) is 52.0 Å². The lowest BCUT2D eigenvalue weighted by atomic mass is 9.94. The number of aryl methyl sites for hydroxylation is 1. The van der Waals surface area contributed by atoms with Gasteiger partial charge in [-0.1, -0.05) is 25.2 Å². The minimum absolute atomic E-state index is 0.174. The van der Waals surface area contributed by atoms with E-state index in [0.717, 1.165) is 11.9 Å². The maximum atomic E-state index is 13.5. The molecule has 2 atom stereocenters. The highest BCUT2D eigenvalue weighted by atomic mass is 32.2. The fraction of sp³-hybridized carbons (Fsp3) is 0.364. The van der Waals surface area contributed by atoms with Crippen LogP contribution in [0.5, 0.6) is 0 Å². The van der Waals surface area contributed by atoms with Crippen LogP contribution in [0.1, 0.15) is 30.6 Å². The molecule has 0 radical (unpaired) electrons. The van der Waals surface area contributed by atoms with Gasteiger partial charge in [-0.25, -0.2) is 12.8 Å². The number of carbonyl (C=O) groups excluding carboxylic acids is 1. The number of amides is 1. The Hall–Kier alpha value is -2.36. The molecule has 1 fully saturated rings. The van der Waals surface area contributed by atoms with E-state index in [-0.39, 0.29) is 10.7 Å². The van der Waals surface area contributed by atoms with Crippen molar-refractivity contribution in [2.45, 2.75) is 25.2 Å². The Morgan fingerprint density at radius 1 is 1.10 bits per heavy atom. The van der Waals surface area contributed by atoms with Crippen LogP contribution in [-0.4, -0.2) is 36.3 Å². The van der Waals surface area contributed by atoms with E-state index in [9.17, 15) is 17.6 Å². The molecular formula is C22H24FN3O3S2. The molecule has 2 unspecified atom stereocenters. The first kappa shape index (κ1) is 21.9. The van der Waals surface area contributed by atoms with Crippen LogP contribution in [0.15, 0.2) is 52.4 Å². The molecule has 1 aromatic heterocycles. The van der Waals surface area contributed by atoms with Crippen LogP contribution in [0.25, 0.3) is 10.2 Å². The molecule has 0 saturated carbocycles. The molecule has 2 heterocycles. The lowest BCUT2D eigenvalue weighted by Gasteiger charge is -2.34. The molecule has 3 aromatic rings. The summed E-state index contributed by atoms with van der Waals surface area (Å²) >= 11 is 1.22. The SMILES string of the molecule is CC1CC(C)CN(S(=O)(=O)c2ccc(C(=O)N=c3sc4cc(F)ccc4n3C)cc2)C1. The van der Waals surface area contributed by atoms with Gasteiger partial charge < -0.3 is 4.57 Å². The Bertz CT molecular complexity index is 1300. The maximum Gasteiger partial charge on any atom is 0.279 e. The molecule has 0 bridgehead atoms. The molecule has 1 aliphatic heterocycles. The number of rotatable bonds is 3. The second-order valence-electron chi connectivity index (χ2n) is 8.27. The van der Waals surface area contributed by atoms with Gasteiger partial charge >= 0.3 is 0 Å². The van der Waals surface area contributed by atoms with Gasteiger partial charge in [0.1, 0.15) is 5.82 Å². The lowest BCUT2D eigenvalue weighted by Crippen LogP contribution is -2.42. The van der Waals surface area contributed by atoms with Crippen molar-refractivity contribution in [2.24, 2.45) is 23.9 Å². The van der Waals surface area contributed by atoms with Crippen molar-refractivity contribution in [3.8, 4) is 0 Å². The molecule has 0 N–H and O–H groups in total. The number of hydrogen-bond acceptors (Lipinski definition) is 4. The van der Waals surface area contributed by atoms with Gasteiger partial charge in [0.25, 0.3) is 5.91 Å². The fourth-order valence-corrected chi connectivity index (χ4v) is 6.81. The van der Waals surface area contributed by atoms with E-state index < -0.39 is 15.9 Å². The highest BCUT2D eigenvalue weighted by Gasteiger charge is 2.31. The van der Waals surface area contributed by atoms with Gasteiger partial charge in [-0.05, 0) is 60.7 Å². The van der Waals surface area contributed by atoms with E-state index in [4.69, 9.17) is 0 Å². The first-order chi connectivity index (χ1) is 14.6. The Labute approximate surface area is 184 Å².